The van der Waals surface area contributed by atoms with E-state index in [-0.39, 0.29) is 11.7 Å². The quantitative estimate of drug-likeness (QED) is 0.672. The van der Waals surface area contributed by atoms with E-state index in [0.717, 1.165) is 5.69 Å². The van der Waals surface area contributed by atoms with Crippen LogP contribution in [0.4, 0.5) is 10.1 Å². The van der Waals surface area contributed by atoms with E-state index in [2.05, 4.69) is 9.98 Å². The standard InChI is InChI=1S/C15H11FN2O/c16-10-6-7-14-12(8-10)13(15(19)18-14)9-17-11-4-2-1-3-5-11/h1-9,18-19H. The normalized spacial score (nSPS) is 11.4. The van der Waals surface area contributed by atoms with Crippen molar-refractivity contribution in [2.45, 2.75) is 0 Å². The molecule has 0 aliphatic rings. The number of nitrogens with one attached hydrogen (secondary N) is 1. The summed E-state index contributed by atoms with van der Waals surface area (Å²) < 4.78 is 13.2. The molecule has 0 saturated carbocycles. The largest absolute Gasteiger partial charge is 0.494 e. The molecule has 94 valence electrons. The fourth-order valence-electron chi connectivity index (χ4n) is 1.95. The highest BCUT2D eigenvalue weighted by Crippen LogP contribution is 2.26. The lowest BCUT2D eigenvalue weighted by molar-refractivity contribution is 0.457. The maximum Gasteiger partial charge on any atom is 0.198 e. The summed E-state index contributed by atoms with van der Waals surface area (Å²) in [6.45, 7) is 0. The zero-order valence-electron chi connectivity index (χ0n) is 9.97. The van der Waals surface area contributed by atoms with Gasteiger partial charge in [0.2, 0.25) is 0 Å². The summed E-state index contributed by atoms with van der Waals surface area (Å²) in [5.74, 6) is -0.360. The molecule has 0 aliphatic heterocycles. The Morgan fingerprint density at radius 1 is 1.11 bits per heavy atom. The molecule has 0 saturated heterocycles. The van der Waals surface area contributed by atoms with Crippen LogP contribution in [0.25, 0.3) is 10.9 Å². The lowest BCUT2D eigenvalue weighted by Gasteiger charge is -1.94. The summed E-state index contributed by atoms with van der Waals surface area (Å²) in [4.78, 5) is 7.05. The Bertz CT molecular complexity index is 747. The number of benzene rings is 2. The van der Waals surface area contributed by atoms with Crippen LogP contribution in [-0.2, 0) is 0 Å². The number of aliphatic imine (C=N–C) groups is 1. The highest BCUT2D eigenvalue weighted by atomic mass is 19.1. The van der Waals surface area contributed by atoms with Crippen LogP contribution in [0.15, 0.2) is 53.5 Å². The fraction of sp³-hybridized carbons (Fsp3) is 0. The van der Waals surface area contributed by atoms with Gasteiger partial charge in [-0.15, -0.1) is 0 Å². The second-order valence-electron chi connectivity index (χ2n) is 4.17. The summed E-state index contributed by atoms with van der Waals surface area (Å²) in [6.07, 6.45) is 1.53. The Labute approximate surface area is 109 Å². The lowest BCUT2D eigenvalue weighted by atomic mass is 10.2. The summed E-state index contributed by atoms with van der Waals surface area (Å²) >= 11 is 0. The maximum absolute atomic E-state index is 13.2. The number of nitrogens with zero attached hydrogens (tertiary/aromatic N) is 1. The van der Waals surface area contributed by atoms with Crippen LogP contribution < -0.4 is 0 Å². The van der Waals surface area contributed by atoms with Crippen LogP contribution in [0, 0.1) is 5.82 Å². The molecule has 3 aromatic rings. The molecule has 0 fully saturated rings. The average molecular weight is 254 g/mol. The predicted molar refractivity (Wildman–Crippen MR) is 73.6 cm³/mol. The molecule has 19 heavy (non-hydrogen) atoms. The van der Waals surface area contributed by atoms with Gasteiger partial charge in [-0.3, -0.25) is 4.99 Å². The van der Waals surface area contributed by atoms with E-state index in [0.29, 0.717) is 16.5 Å². The van der Waals surface area contributed by atoms with E-state index < -0.39 is 0 Å². The molecule has 3 nitrogen and oxygen atoms in total. The summed E-state index contributed by atoms with van der Waals surface area (Å²) in [5.41, 5.74) is 1.93. The minimum atomic E-state index is -0.346. The number of para-hydroxylation sites is 1. The minimum absolute atomic E-state index is 0.0136. The van der Waals surface area contributed by atoms with E-state index in [1.54, 1.807) is 6.07 Å². The van der Waals surface area contributed by atoms with E-state index in [4.69, 9.17) is 0 Å². The van der Waals surface area contributed by atoms with E-state index in [1.165, 1.54) is 18.3 Å². The van der Waals surface area contributed by atoms with E-state index in [9.17, 15) is 9.50 Å². The van der Waals surface area contributed by atoms with Crippen molar-refractivity contribution in [3.63, 3.8) is 0 Å². The van der Waals surface area contributed by atoms with Gasteiger partial charge >= 0.3 is 0 Å². The second-order valence-corrected chi connectivity index (χ2v) is 4.17. The number of hydrogen-bond acceptors (Lipinski definition) is 2. The third-order valence-electron chi connectivity index (χ3n) is 2.88. The number of hydrogen-bond donors (Lipinski definition) is 2. The van der Waals surface area contributed by atoms with Crippen molar-refractivity contribution in [1.29, 1.82) is 0 Å². The van der Waals surface area contributed by atoms with Crippen molar-refractivity contribution >= 4 is 22.8 Å². The average Bonchev–Trinajstić information content (AvgIpc) is 2.73. The van der Waals surface area contributed by atoms with Gasteiger partial charge < -0.3 is 10.1 Å². The SMILES string of the molecule is Oc1[nH]c2ccc(F)cc2c1C=Nc1ccccc1. The van der Waals surface area contributed by atoms with Crippen LogP contribution in [0.1, 0.15) is 5.56 Å². The highest BCUT2D eigenvalue weighted by Gasteiger charge is 2.09. The third-order valence-corrected chi connectivity index (χ3v) is 2.88. The number of fused-ring (bicyclic) bond motifs is 1. The van der Waals surface area contributed by atoms with Crippen molar-refractivity contribution in [2.24, 2.45) is 4.99 Å². The summed E-state index contributed by atoms with van der Waals surface area (Å²) in [6, 6.07) is 13.7. The van der Waals surface area contributed by atoms with Crippen LogP contribution in [0.5, 0.6) is 5.88 Å². The van der Waals surface area contributed by atoms with Crippen molar-refractivity contribution in [3.8, 4) is 5.88 Å². The molecule has 4 heteroatoms. The van der Waals surface area contributed by atoms with Crippen LogP contribution >= 0.6 is 0 Å². The Balaban J connectivity index is 2.07. The molecule has 1 aromatic heterocycles. The van der Waals surface area contributed by atoms with Gasteiger partial charge in [-0.05, 0) is 30.3 Å². The van der Waals surface area contributed by atoms with Gasteiger partial charge in [0.1, 0.15) is 5.82 Å². The molecule has 0 spiro atoms. The van der Waals surface area contributed by atoms with Crippen LogP contribution in [0.3, 0.4) is 0 Å². The van der Waals surface area contributed by atoms with Crippen molar-refractivity contribution in [2.75, 3.05) is 0 Å². The molecule has 0 bridgehead atoms. The number of aromatic nitrogens is 1. The Hall–Kier alpha value is -2.62. The zero-order chi connectivity index (χ0) is 13.2. The van der Waals surface area contributed by atoms with Crippen molar-refractivity contribution in [3.05, 3.63) is 59.9 Å². The predicted octanol–water partition coefficient (Wildman–Crippen LogP) is 3.76. The first-order valence-electron chi connectivity index (χ1n) is 5.83. The number of rotatable bonds is 2. The smallest absolute Gasteiger partial charge is 0.198 e. The van der Waals surface area contributed by atoms with Crippen LogP contribution in [-0.4, -0.2) is 16.3 Å². The maximum atomic E-state index is 13.2. The number of halogens is 1. The van der Waals surface area contributed by atoms with E-state index in [1.807, 2.05) is 30.3 Å². The molecule has 3 rings (SSSR count). The van der Waals surface area contributed by atoms with Gasteiger partial charge in [-0.1, -0.05) is 18.2 Å². The molecule has 0 radical (unpaired) electrons. The molecule has 0 amide bonds. The second kappa shape index (κ2) is 4.57. The number of H-pyrrole nitrogens is 1. The van der Waals surface area contributed by atoms with E-state index >= 15 is 0 Å². The monoisotopic (exact) mass is 254 g/mol. The molecular formula is C15H11FN2O. The van der Waals surface area contributed by atoms with Gasteiger partial charge in [0.15, 0.2) is 5.88 Å². The summed E-state index contributed by atoms with van der Waals surface area (Å²) in [7, 11) is 0. The zero-order valence-corrected chi connectivity index (χ0v) is 9.97. The first kappa shape index (κ1) is 11.5. The first-order valence-corrected chi connectivity index (χ1v) is 5.83. The number of aromatic amines is 1. The molecular weight excluding hydrogens is 243 g/mol. The van der Waals surface area contributed by atoms with Crippen molar-refractivity contribution < 1.29 is 9.50 Å². The Kier molecular flexibility index (Phi) is 2.76. The van der Waals surface area contributed by atoms with Gasteiger partial charge in [-0.25, -0.2) is 4.39 Å². The first-order chi connectivity index (χ1) is 9.24. The molecule has 1 heterocycles. The molecule has 2 aromatic carbocycles. The molecule has 0 unspecified atom stereocenters. The fourth-order valence-corrected chi connectivity index (χ4v) is 1.95. The summed E-state index contributed by atoms with van der Waals surface area (Å²) in [5, 5.41) is 10.4. The Morgan fingerprint density at radius 3 is 2.68 bits per heavy atom. The topological polar surface area (TPSA) is 48.4 Å². The van der Waals surface area contributed by atoms with Gasteiger partial charge in [0, 0.05) is 17.1 Å². The minimum Gasteiger partial charge on any atom is -0.494 e. The van der Waals surface area contributed by atoms with Gasteiger partial charge in [0.25, 0.3) is 0 Å². The lowest BCUT2D eigenvalue weighted by Crippen LogP contribution is -1.80. The molecule has 0 aliphatic carbocycles. The van der Waals surface area contributed by atoms with Crippen molar-refractivity contribution in [1.82, 2.24) is 4.98 Å². The van der Waals surface area contributed by atoms with Gasteiger partial charge in [-0.2, -0.15) is 0 Å². The van der Waals surface area contributed by atoms with Gasteiger partial charge in [0.05, 0.1) is 11.3 Å². The molecule has 2 N–H and O–H groups in total. The molecule has 0 atom stereocenters. The Morgan fingerprint density at radius 2 is 1.89 bits per heavy atom. The van der Waals surface area contributed by atoms with Crippen LogP contribution in [0.2, 0.25) is 0 Å². The third kappa shape index (κ3) is 2.20. The number of aromatic hydroxyl groups is 1. The highest BCUT2D eigenvalue weighted by molar-refractivity contribution is 6.02.